The van der Waals surface area contributed by atoms with Crippen molar-refractivity contribution < 1.29 is 18.8 Å². The van der Waals surface area contributed by atoms with Crippen molar-refractivity contribution in [2.75, 3.05) is 59.7 Å². The highest BCUT2D eigenvalue weighted by molar-refractivity contribution is 5.96. The molecular formula is C18H29N3O4. The number of carbonyl (C=O) groups excluding carboxylic acids is 1. The second-order valence-corrected chi connectivity index (χ2v) is 7.35. The highest BCUT2D eigenvalue weighted by Gasteiger charge is 2.41. The molecule has 1 amide bonds. The Labute approximate surface area is 149 Å². The number of hydrogen-bond acceptors (Lipinski definition) is 6. The average Bonchev–Trinajstić information content (AvgIpc) is 2.82. The maximum absolute atomic E-state index is 13.0. The van der Waals surface area contributed by atoms with Crippen LogP contribution in [0.4, 0.5) is 0 Å². The van der Waals surface area contributed by atoms with Crippen LogP contribution in [-0.2, 0) is 9.47 Å². The summed E-state index contributed by atoms with van der Waals surface area (Å²) in [6, 6.07) is 0. The quantitative estimate of drug-likeness (QED) is 0.819. The Morgan fingerprint density at radius 2 is 2.16 bits per heavy atom. The van der Waals surface area contributed by atoms with Gasteiger partial charge in [0.25, 0.3) is 5.91 Å². The van der Waals surface area contributed by atoms with E-state index in [1.54, 1.807) is 14.0 Å². The molecule has 2 saturated heterocycles. The van der Waals surface area contributed by atoms with Crippen LogP contribution in [-0.4, -0.2) is 80.5 Å². The zero-order chi connectivity index (χ0) is 17.9. The van der Waals surface area contributed by atoms with Crippen molar-refractivity contribution in [3.63, 3.8) is 0 Å². The van der Waals surface area contributed by atoms with Crippen LogP contribution >= 0.6 is 0 Å². The van der Waals surface area contributed by atoms with Gasteiger partial charge in [0.2, 0.25) is 0 Å². The zero-order valence-electron chi connectivity index (χ0n) is 15.5. The Kier molecular flexibility index (Phi) is 5.76. The van der Waals surface area contributed by atoms with Crippen LogP contribution in [0.2, 0.25) is 0 Å². The maximum atomic E-state index is 13.0. The highest BCUT2D eigenvalue weighted by Crippen LogP contribution is 2.34. The van der Waals surface area contributed by atoms with Crippen molar-refractivity contribution in [2.24, 2.45) is 5.41 Å². The van der Waals surface area contributed by atoms with Crippen molar-refractivity contribution in [1.29, 1.82) is 0 Å². The number of rotatable bonds is 4. The lowest BCUT2D eigenvalue weighted by Crippen LogP contribution is -2.52. The molecule has 0 saturated carbocycles. The third-order valence-corrected chi connectivity index (χ3v) is 5.33. The van der Waals surface area contributed by atoms with E-state index in [9.17, 15) is 4.79 Å². The molecule has 0 N–H and O–H groups in total. The van der Waals surface area contributed by atoms with Gasteiger partial charge < -0.3 is 18.9 Å². The van der Waals surface area contributed by atoms with Crippen LogP contribution < -0.4 is 0 Å². The highest BCUT2D eigenvalue weighted by atomic mass is 16.5. The number of aryl methyl sites for hydroxylation is 2. The van der Waals surface area contributed by atoms with E-state index >= 15 is 0 Å². The molecule has 0 aromatic carbocycles. The fraction of sp³-hybridized carbons (Fsp3) is 0.778. The first-order valence-corrected chi connectivity index (χ1v) is 9.06. The second kappa shape index (κ2) is 7.85. The number of aromatic nitrogens is 1. The van der Waals surface area contributed by atoms with Crippen LogP contribution in [0.15, 0.2) is 4.52 Å². The molecule has 1 aromatic heterocycles. The molecule has 0 bridgehead atoms. The Balaban J connectivity index is 1.73. The molecule has 0 aliphatic carbocycles. The molecule has 3 rings (SSSR count). The van der Waals surface area contributed by atoms with Crippen LogP contribution in [0, 0.1) is 19.3 Å². The largest absolute Gasteiger partial charge is 0.383 e. The van der Waals surface area contributed by atoms with Gasteiger partial charge >= 0.3 is 0 Å². The standard InChI is InChI=1S/C18H29N3O4/c1-14-16(15(2)25-19-14)17(22)21-6-4-5-18(12-21)11-20(7-9-23-3)8-10-24-13-18/h4-13H2,1-3H3. The maximum Gasteiger partial charge on any atom is 0.259 e. The van der Waals surface area contributed by atoms with Crippen molar-refractivity contribution in [1.82, 2.24) is 15.0 Å². The molecule has 2 fully saturated rings. The lowest BCUT2D eigenvalue weighted by atomic mass is 9.80. The van der Waals surface area contributed by atoms with E-state index in [0.29, 0.717) is 23.6 Å². The lowest BCUT2D eigenvalue weighted by molar-refractivity contribution is 0.00611. The Hall–Kier alpha value is -1.44. The fourth-order valence-electron chi connectivity index (χ4n) is 4.07. The van der Waals surface area contributed by atoms with Gasteiger partial charge in [0.1, 0.15) is 11.3 Å². The minimum atomic E-state index is -0.00285. The minimum absolute atomic E-state index is 0.00285. The number of methoxy groups -OCH3 is 1. The molecule has 140 valence electrons. The van der Waals surface area contributed by atoms with E-state index in [0.717, 1.165) is 58.8 Å². The molecule has 25 heavy (non-hydrogen) atoms. The van der Waals surface area contributed by atoms with Crippen LogP contribution in [0.25, 0.3) is 0 Å². The van der Waals surface area contributed by atoms with E-state index in [2.05, 4.69) is 10.1 Å². The van der Waals surface area contributed by atoms with E-state index in [4.69, 9.17) is 14.0 Å². The summed E-state index contributed by atoms with van der Waals surface area (Å²) in [6.45, 7) is 10.1. The Bertz CT molecular complexity index is 584. The topological polar surface area (TPSA) is 68.0 Å². The number of amides is 1. The summed E-state index contributed by atoms with van der Waals surface area (Å²) in [7, 11) is 1.73. The summed E-state index contributed by atoms with van der Waals surface area (Å²) < 4.78 is 16.3. The van der Waals surface area contributed by atoms with Gasteiger partial charge in [-0.1, -0.05) is 5.16 Å². The molecule has 2 aliphatic heterocycles. The summed E-state index contributed by atoms with van der Waals surface area (Å²) in [5, 5.41) is 3.93. The molecule has 7 nitrogen and oxygen atoms in total. The van der Waals surface area contributed by atoms with E-state index in [-0.39, 0.29) is 11.3 Å². The van der Waals surface area contributed by atoms with Gasteiger partial charge in [0, 0.05) is 45.2 Å². The van der Waals surface area contributed by atoms with E-state index in [1.807, 2.05) is 11.8 Å². The van der Waals surface area contributed by atoms with Gasteiger partial charge in [0.15, 0.2) is 0 Å². The zero-order valence-corrected chi connectivity index (χ0v) is 15.5. The smallest absolute Gasteiger partial charge is 0.259 e. The van der Waals surface area contributed by atoms with Crippen molar-refractivity contribution in [2.45, 2.75) is 26.7 Å². The van der Waals surface area contributed by atoms with Crippen molar-refractivity contribution in [3.8, 4) is 0 Å². The molecule has 1 aromatic rings. The molecule has 7 heteroatoms. The van der Waals surface area contributed by atoms with Crippen LogP contribution in [0.5, 0.6) is 0 Å². The predicted octanol–water partition coefficient (Wildman–Crippen LogP) is 1.49. The Morgan fingerprint density at radius 3 is 2.88 bits per heavy atom. The number of hydrogen-bond donors (Lipinski definition) is 0. The molecule has 1 unspecified atom stereocenters. The minimum Gasteiger partial charge on any atom is -0.383 e. The number of nitrogens with zero attached hydrogens (tertiary/aromatic N) is 3. The monoisotopic (exact) mass is 351 g/mol. The first-order valence-electron chi connectivity index (χ1n) is 9.06. The second-order valence-electron chi connectivity index (χ2n) is 7.35. The van der Waals surface area contributed by atoms with Gasteiger partial charge in [-0.15, -0.1) is 0 Å². The van der Waals surface area contributed by atoms with Crippen molar-refractivity contribution in [3.05, 3.63) is 17.0 Å². The number of piperidine rings is 1. The third kappa shape index (κ3) is 4.04. The summed E-state index contributed by atoms with van der Waals surface area (Å²) in [5.74, 6) is 0.629. The van der Waals surface area contributed by atoms with Gasteiger partial charge in [-0.2, -0.15) is 0 Å². The molecule has 0 radical (unpaired) electrons. The van der Waals surface area contributed by atoms with Crippen LogP contribution in [0.3, 0.4) is 0 Å². The molecule has 1 spiro atoms. The van der Waals surface area contributed by atoms with Crippen molar-refractivity contribution >= 4 is 5.91 Å². The third-order valence-electron chi connectivity index (χ3n) is 5.33. The average molecular weight is 351 g/mol. The van der Waals surface area contributed by atoms with Gasteiger partial charge in [-0.3, -0.25) is 9.69 Å². The number of ether oxygens (including phenoxy) is 2. The predicted molar refractivity (Wildman–Crippen MR) is 92.7 cm³/mol. The normalized spacial score (nSPS) is 25.3. The van der Waals surface area contributed by atoms with E-state index < -0.39 is 0 Å². The molecular weight excluding hydrogens is 322 g/mol. The fourth-order valence-corrected chi connectivity index (χ4v) is 4.07. The van der Waals surface area contributed by atoms with E-state index in [1.165, 1.54) is 0 Å². The molecule has 2 aliphatic rings. The number of likely N-dealkylation sites (tertiary alicyclic amines) is 1. The van der Waals surface area contributed by atoms with Gasteiger partial charge in [-0.25, -0.2) is 0 Å². The lowest BCUT2D eigenvalue weighted by Gasteiger charge is -2.43. The molecule has 3 heterocycles. The Morgan fingerprint density at radius 1 is 1.32 bits per heavy atom. The van der Waals surface area contributed by atoms with Gasteiger partial charge in [-0.05, 0) is 26.7 Å². The summed E-state index contributed by atoms with van der Waals surface area (Å²) in [5.41, 5.74) is 1.28. The SMILES string of the molecule is COCCN1CCOCC2(CCCN(C(=O)c3c(C)noc3C)C2)C1. The number of carbonyl (C=O) groups is 1. The van der Waals surface area contributed by atoms with Gasteiger partial charge in [0.05, 0.1) is 25.5 Å². The van der Waals surface area contributed by atoms with Crippen LogP contribution in [0.1, 0.15) is 34.7 Å². The summed E-state index contributed by atoms with van der Waals surface area (Å²) >= 11 is 0. The molecule has 1 atom stereocenters. The first kappa shape index (κ1) is 18.4. The first-order chi connectivity index (χ1) is 12.0. The summed E-state index contributed by atoms with van der Waals surface area (Å²) in [6.07, 6.45) is 2.08. The summed E-state index contributed by atoms with van der Waals surface area (Å²) in [4.78, 5) is 17.4.